The maximum absolute atomic E-state index is 10.8. The molecule has 20 heavy (non-hydrogen) atoms. The first-order chi connectivity index (χ1) is 9.56. The van der Waals surface area contributed by atoms with Gasteiger partial charge in [0, 0.05) is 12.5 Å². The van der Waals surface area contributed by atoms with E-state index >= 15 is 0 Å². The number of furan rings is 1. The Morgan fingerprint density at radius 3 is 2.85 bits per heavy atom. The number of halogens is 1. The van der Waals surface area contributed by atoms with Crippen molar-refractivity contribution in [1.82, 2.24) is 0 Å². The van der Waals surface area contributed by atoms with Gasteiger partial charge in [0.05, 0.1) is 22.5 Å². The van der Waals surface area contributed by atoms with Crippen molar-refractivity contribution in [2.75, 3.05) is 5.32 Å². The van der Waals surface area contributed by atoms with E-state index in [0.717, 1.165) is 24.3 Å². The predicted molar refractivity (Wildman–Crippen MR) is 78.5 cm³/mol. The lowest BCUT2D eigenvalue weighted by Gasteiger charge is -2.16. The van der Waals surface area contributed by atoms with Crippen LogP contribution < -0.4 is 5.32 Å². The van der Waals surface area contributed by atoms with E-state index in [-0.39, 0.29) is 11.6 Å². The quantitative estimate of drug-likeness (QED) is 0.843. The maximum Gasteiger partial charge on any atom is 0.335 e. The van der Waals surface area contributed by atoms with Gasteiger partial charge in [0.2, 0.25) is 0 Å². The Kier molecular flexibility index (Phi) is 4.69. The van der Waals surface area contributed by atoms with Gasteiger partial charge in [-0.2, -0.15) is 0 Å². The highest BCUT2D eigenvalue weighted by Crippen LogP contribution is 2.24. The molecule has 4 nitrogen and oxygen atoms in total. The number of hydrogen-bond donors (Lipinski definition) is 2. The van der Waals surface area contributed by atoms with Crippen molar-refractivity contribution >= 4 is 23.3 Å². The first kappa shape index (κ1) is 14.5. The number of benzene rings is 1. The molecule has 1 unspecified atom stereocenters. The number of rotatable bonds is 6. The van der Waals surface area contributed by atoms with E-state index in [0.29, 0.717) is 5.02 Å². The van der Waals surface area contributed by atoms with E-state index in [4.69, 9.17) is 21.1 Å². The molecule has 1 heterocycles. The lowest BCUT2D eigenvalue weighted by atomic mass is 10.1. The summed E-state index contributed by atoms with van der Waals surface area (Å²) in [5.41, 5.74) is 0.924. The molecule has 1 atom stereocenters. The lowest BCUT2D eigenvalue weighted by molar-refractivity contribution is 0.0697. The second kappa shape index (κ2) is 6.48. The SMILES string of the molecule is CC(CCc1ccco1)Nc1ccc(C(=O)O)cc1Cl. The summed E-state index contributed by atoms with van der Waals surface area (Å²) in [6.45, 7) is 2.05. The van der Waals surface area contributed by atoms with Gasteiger partial charge in [-0.05, 0) is 43.7 Å². The average molecular weight is 294 g/mol. The standard InChI is InChI=1S/C15H16ClNO3/c1-10(4-6-12-3-2-8-20-12)17-14-7-5-11(15(18)19)9-13(14)16/h2-3,5,7-10,17H,4,6H2,1H3,(H,18,19). The minimum Gasteiger partial charge on any atom is -0.478 e. The van der Waals surface area contributed by atoms with E-state index < -0.39 is 5.97 Å². The normalized spacial score (nSPS) is 12.1. The highest BCUT2D eigenvalue weighted by Gasteiger charge is 2.09. The molecule has 0 aliphatic heterocycles. The average Bonchev–Trinajstić information content (AvgIpc) is 2.91. The predicted octanol–water partition coefficient (Wildman–Crippen LogP) is 4.06. The molecular formula is C15H16ClNO3. The molecule has 0 fully saturated rings. The van der Waals surface area contributed by atoms with Gasteiger partial charge in [-0.3, -0.25) is 0 Å². The molecule has 0 saturated heterocycles. The summed E-state index contributed by atoms with van der Waals surface area (Å²) in [5, 5.41) is 12.6. The van der Waals surface area contributed by atoms with Crippen LogP contribution in [0.3, 0.4) is 0 Å². The van der Waals surface area contributed by atoms with Crippen LogP contribution >= 0.6 is 11.6 Å². The van der Waals surface area contributed by atoms with Crippen molar-refractivity contribution in [3.8, 4) is 0 Å². The summed E-state index contributed by atoms with van der Waals surface area (Å²) in [4.78, 5) is 10.8. The van der Waals surface area contributed by atoms with Gasteiger partial charge in [-0.25, -0.2) is 4.79 Å². The summed E-state index contributed by atoms with van der Waals surface area (Å²) >= 11 is 6.07. The Labute approximate surface area is 122 Å². The van der Waals surface area contributed by atoms with Gasteiger partial charge in [-0.15, -0.1) is 0 Å². The number of aryl methyl sites for hydroxylation is 1. The molecule has 0 aliphatic rings. The monoisotopic (exact) mass is 293 g/mol. The number of carbonyl (C=O) groups is 1. The van der Waals surface area contributed by atoms with Crippen LogP contribution in [0.2, 0.25) is 5.02 Å². The molecule has 0 amide bonds. The van der Waals surface area contributed by atoms with Crippen LogP contribution in [-0.4, -0.2) is 17.1 Å². The van der Waals surface area contributed by atoms with E-state index in [2.05, 4.69) is 5.32 Å². The smallest absolute Gasteiger partial charge is 0.335 e. The second-order valence-electron chi connectivity index (χ2n) is 4.66. The van der Waals surface area contributed by atoms with Gasteiger partial charge in [-0.1, -0.05) is 11.6 Å². The first-order valence-electron chi connectivity index (χ1n) is 6.38. The number of aromatic carboxylic acids is 1. The first-order valence-corrected chi connectivity index (χ1v) is 6.76. The van der Waals surface area contributed by atoms with Crippen LogP contribution in [0.15, 0.2) is 41.0 Å². The van der Waals surface area contributed by atoms with E-state index in [1.54, 1.807) is 12.3 Å². The number of anilines is 1. The van der Waals surface area contributed by atoms with E-state index in [1.165, 1.54) is 12.1 Å². The van der Waals surface area contributed by atoms with Crippen LogP contribution in [0.4, 0.5) is 5.69 Å². The zero-order valence-electron chi connectivity index (χ0n) is 11.1. The molecule has 5 heteroatoms. The third kappa shape index (κ3) is 3.78. The van der Waals surface area contributed by atoms with E-state index in [1.807, 2.05) is 19.1 Å². The highest BCUT2D eigenvalue weighted by atomic mass is 35.5. The van der Waals surface area contributed by atoms with E-state index in [9.17, 15) is 4.79 Å². The summed E-state index contributed by atoms with van der Waals surface area (Å²) in [6, 6.07) is 8.69. The fourth-order valence-electron chi connectivity index (χ4n) is 1.92. The third-order valence-electron chi connectivity index (χ3n) is 3.02. The molecule has 0 radical (unpaired) electrons. The molecule has 2 aromatic rings. The second-order valence-corrected chi connectivity index (χ2v) is 5.07. The highest BCUT2D eigenvalue weighted by molar-refractivity contribution is 6.33. The van der Waals surface area contributed by atoms with Gasteiger partial charge in [0.15, 0.2) is 0 Å². The summed E-state index contributed by atoms with van der Waals surface area (Å²) in [5.74, 6) is -0.0321. The number of nitrogens with one attached hydrogen (secondary N) is 1. The zero-order valence-corrected chi connectivity index (χ0v) is 11.9. The number of carboxylic acid groups (broad SMARTS) is 1. The Morgan fingerprint density at radius 2 is 2.25 bits per heavy atom. The fraction of sp³-hybridized carbons (Fsp3) is 0.267. The Bertz CT molecular complexity index is 581. The van der Waals surface area contributed by atoms with Crippen LogP contribution in [0.1, 0.15) is 29.5 Å². The largest absolute Gasteiger partial charge is 0.478 e. The summed E-state index contributed by atoms with van der Waals surface area (Å²) in [6.07, 6.45) is 3.39. The summed E-state index contributed by atoms with van der Waals surface area (Å²) in [7, 11) is 0. The molecule has 0 spiro atoms. The molecule has 106 valence electrons. The lowest BCUT2D eigenvalue weighted by Crippen LogP contribution is -2.16. The van der Waals surface area contributed by atoms with Gasteiger partial charge in [0.1, 0.15) is 5.76 Å². The minimum atomic E-state index is -0.982. The van der Waals surface area contributed by atoms with Crippen LogP contribution in [0.25, 0.3) is 0 Å². The molecule has 0 bridgehead atoms. The van der Waals surface area contributed by atoms with Crippen LogP contribution in [0.5, 0.6) is 0 Å². The molecular weight excluding hydrogens is 278 g/mol. The van der Waals surface area contributed by atoms with Crippen molar-refractivity contribution in [3.63, 3.8) is 0 Å². The molecule has 1 aromatic carbocycles. The molecule has 2 N–H and O–H groups in total. The minimum absolute atomic E-state index is 0.184. The Morgan fingerprint density at radius 1 is 1.45 bits per heavy atom. The fourth-order valence-corrected chi connectivity index (χ4v) is 2.15. The third-order valence-corrected chi connectivity index (χ3v) is 3.33. The van der Waals surface area contributed by atoms with Crippen molar-refractivity contribution in [3.05, 3.63) is 52.9 Å². The maximum atomic E-state index is 10.8. The van der Waals surface area contributed by atoms with Gasteiger partial charge < -0.3 is 14.8 Å². The summed E-state index contributed by atoms with van der Waals surface area (Å²) < 4.78 is 5.28. The van der Waals surface area contributed by atoms with Gasteiger partial charge >= 0.3 is 5.97 Å². The molecule has 0 saturated carbocycles. The van der Waals surface area contributed by atoms with Crippen molar-refractivity contribution in [2.45, 2.75) is 25.8 Å². The molecule has 2 rings (SSSR count). The van der Waals surface area contributed by atoms with Crippen LogP contribution in [0, 0.1) is 0 Å². The Balaban J connectivity index is 1.93. The van der Waals surface area contributed by atoms with Gasteiger partial charge in [0.25, 0.3) is 0 Å². The number of hydrogen-bond acceptors (Lipinski definition) is 3. The number of carboxylic acids is 1. The zero-order chi connectivity index (χ0) is 14.5. The van der Waals surface area contributed by atoms with Crippen molar-refractivity contribution < 1.29 is 14.3 Å². The Hall–Kier alpha value is -1.94. The molecule has 1 aromatic heterocycles. The van der Waals surface area contributed by atoms with Crippen molar-refractivity contribution in [1.29, 1.82) is 0 Å². The van der Waals surface area contributed by atoms with Crippen LogP contribution in [-0.2, 0) is 6.42 Å². The molecule has 0 aliphatic carbocycles. The van der Waals surface area contributed by atoms with Crippen molar-refractivity contribution in [2.24, 2.45) is 0 Å². The topological polar surface area (TPSA) is 62.5 Å².